The Bertz CT molecular complexity index is 903. The monoisotopic (exact) mass is 357 g/mol. The number of hydrogen-bond donors (Lipinski definition) is 1. The number of benzene rings is 2. The molecule has 1 aliphatic carbocycles. The number of carbonyl (C=O) groups excluding carboxylic acids is 1. The number of hydrogen-bond acceptors (Lipinski definition) is 3. The molecule has 0 bridgehead atoms. The molecule has 0 spiro atoms. The van der Waals surface area contributed by atoms with Crippen molar-refractivity contribution in [2.75, 3.05) is 0 Å². The highest BCUT2D eigenvalue weighted by Crippen LogP contribution is 2.25. The number of sulfonamides is 1. The first-order valence-corrected chi connectivity index (χ1v) is 10.1. The average molecular weight is 357 g/mol. The fourth-order valence-corrected chi connectivity index (χ4v) is 4.55. The van der Waals surface area contributed by atoms with E-state index in [0.29, 0.717) is 5.56 Å². The topological polar surface area (TPSA) is 63.2 Å². The first kappa shape index (κ1) is 17.8. The Labute approximate surface area is 149 Å². The summed E-state index contributed by atoms with van der Waals surface area (Å²) in [5.74, 6) is -0.153. The Hall–Kier alpha value is -1.98. The van der Waals surface area contributed by atoms with Gasteiger partial charge in [-0.15, -0.1) is 0 Å². The highest BCUT2D eigenvalue weighted by molar-refractivity contribution is 7.89. The third-order valence-electron chi connectivity index (χ3n) is 4.76. The lowest BCUT2D eigenvalue weighted by molar-refractivity contribution is 0.101. The van der Waals surface area contributed by atoms with Crippen molar-refractivity contribution < 1.29 is 13.2 Å². The Balaban J connectivity index is 1.83. The van der Waals surface area contributed by atoms with Gasteiger partial charge in [-0.3, -0.25) is 4.79 Å². The summed E-state index contributed by atoms with van der Waals surface area (Å²) in [6.07, 6.45) is 4.58. The average Bonchev–Trinajstić information content (AvgIpc) is 2.61. The van der Waals surface area contributed by atoms with E-state index in [9.17, 15) is 13.2 Å². The highest BCUT2D eigenvalue weighted by atomic mass is 32.2. The van der Waals surface area contributed by atoms with E-state index < -0.39 is 10.0 Å². The van der Waals surface area contributed by atoms with E-state index in [0.717, 1.165) is 18.4 Å². The van der Waals surface area contributed by atoms with Gasteiger partial charge in [0.2, 0.25) is 10.0 Å². The molecule has 0 amide bonds. The zero-order valence-electron chi connectivity index (χ0n) is 14.6. The zero-order chi connectivity index (χ0) is 18.0. The molecule has 1 atom stereocenters. The van der Waals surface area contributed by atoms with Crippen molar-refractivity contribution in [2.24, 2.45) is 0 Å². The van der Waals surface area contributed by atoms with Crippen molar-refractivity contribution in [1.82, 2.24) is 4.72 Å². The summed E-state index contributed by atoms with van der Waals surface area (Å²) in [5.41, 5.74) is 4.06. The Morgan fingerprint density at radius 1 is 1.04 bits per heavy atom. The first-order chi connectivity index (χ1) is 11.9. The second kappa shape index (κ2) is 7.10. The number of Topliss-reactive ketones (excluding diaryl/α,β-unsaturated/α-hetero) is 1. The van der Waals surface area contributed by atoms with E-state index in [2.05, 4.69) is 16.9 Å². The van der Waals surface area contributed by atoms with E-state index in [-0.39, 0.29) is 16.7 Å². The molecule has 0 aliphatic heterocycles. The van der Waals surface area contributed by atoms with Crippen molar-refractivity contribution in [3.8, 4) is 0 Å². The van der Waals surface area contributed by atoms with Gasteiger partial charge in [0, 0.05) is 11.6 Å². The number of rotatable bonds is 5. The van der Waals surface area contributed by atoms with Crippen molar-refractivity contribution in [3.05, 3.63) is 64.7 Å². The van der Waals surface area contributed by atoms with Gasteiger partial charge in [0.15, 0.2) is 5.78 Å². The Morgan fingerprint density at radius 2 is 1.76 bits per heavy atom. The van der Waals surface area contributed by atoms with Gasteiger partial charge in [0.05, 0.1) is 4.90 Å². The highest BCUT2D eigenvalue weighted by Gasteiger charge is 2.20. The predicted octanol–water partition coefficient (Wildman–Crippen LogP) is 3.81. The molecule has 0 saturated heterocycles. The summed E-state index contributed by atoms with van der Waals surface area (Å²) in [5, 5.41) is 0. The summed E-state index contributed by atoms with van der Waals surface area (Å²) in [7, 11) is -3.69. The summed E-state index contributed by atoms with van der Waals surface area (Å²) in [4.78, 5) is 11.6. The van der Waals surface area contributed by atoms with Gasteiger partial charge in [-0.25, -0.2) is 13.1 Å². The maximum Gasteiger partial charge on any atom is 0.241 e. The van der Waals surface area contributed by atoms with Gasteiger partial charge < -0.3 is 0 Å². The maximum absolute atomic E-state index is 12.7. The van der Waals surface area contributed by atoms with Crippen molar-refractivity contribution in [2.45, 2.75) is 50.5 Å². The number of fused-ring (bicyclic) bond motifs is 1. The minimum atomic E-state index is -3.69. The fourth-order valence-electron chi connectivity index (χ4n) is 3.27. The molecule has 2 aromatic rings. The van der Waals surface area contributed by atoms with Gasteiger partial charge in [-0.1, -0.05) is 30.3 Å². The quantitative estimate of drug-likeness (QED) is 0.828. The molecule has 3 rings (SSSR count). The molecule has 0 aromatic heterocycles. The van der Waals surface area contributed by atoms with Gasteiger partial charge in [-0.2, -0.15) is 0 Å². The predicted molar refractivity (Wildman–Crippen MR) is 98.3 cm³/mol. The molecular weight excluding hydrogens is 334 g/mol. The van der Waals surface area contributed by atoms with Crippen LogP contribution in [0.1, 0.15) is 59.8 Å². The molecule has 1 N–H and O–H groups in total. The molecule has 0 fully saturated rings. The second-order valence-electron chi connectivity index (χ2n) is 6.66. The second-order valence-corrected chi connectivity index (χ2v) is 8.38. The molecule has 2 aromatic carbocycles. The summed E-state index contributed by atoms with van der Waals surface area (Å²) in [6.45, 7) is 3.27. The number of ketones is 1. The van der Waals surface area contributed by atoms with Crippen LogP contribution in [-0.2, 0) is 22.9 Å². The third kappa shape index (κ3) is 3.99. The van der Waals surface area contributed by atoms with Crippen LogP contribution >= 0.6 is 0 Å². The van der Waals surface area contributed by atoms with Crippen LogP contribution in [0.4, 0.5) is 0 Å². The molecule has 1 aliphatic rings. The van der Waals surface area contributed by atoms with Crippen LogP contribution in [0.25, 0.3) is 0 Å². The van der Waals surface area contributed by atoms with Crippen LogP contribution in [0.15, 0.2) is 47.4 Å². The maximum atomic E-state index is 12.7. The van der Waals surface area contributed by atoms with Crippen LogP contribution in [0.5, 0.6) is 0 Å². The molecular formula is C20H23NO3S. The lowest BCUT2D eigenvalue weighted by Gasteiger charge is -2.20. The van der Waals surface area contributed by atoms with E-state index in [4.69, 9.17) is 0 Å². The first-order valence-electron chi connectivity index (χ1n) is 8.62. The largest absolute Gasteiger partial charge is 0.295 e. The SMILES string of the molecule is CC(=O)c1cccc(S(=O)(=O)N[C@H](C)c2ccc3c(c2)CCCC3)c1. The van der Waals surface area contributed by atoms with Crippen LogP contribution in [0.3, 0.4) is 0 Å². The van der Waals surface area contributed by atoms with E-state index >= 15 is 0 Å². The fraction of sp³-hybridized carbons (Fsp3) is 0.350. The summed E-state index contributed by atoms with van der Waals surface area (Å²) in [6, 6.07) is 12.0. The van der Waals surface area contributed by atoms with Crippen molar-refractivity contribution in [1.29, 1.82) is 0 Å². The molecule has 0 radical (unpaired) electrons. The minimum absolute atomic E-state index is 0.116. The summed E-state index contributed by atoms with van der Waals surface area (Å²) >= 11 is 0. The van der Waals surface area contributed by atoms with Gasteiger partial charge in [0.25, 0.3) is 0 Å². The molecule has 0 heterocycles. The molecule has 25 heavy (non-hydrogen) atoms. The molecule has 5 heteroatoms. The van der Waals surface area contributed by atoms with Crippen LogP contribution in [0.2, 0.25) is 0 Å². The van der Waals surface area contributed by atoms with Crippen molar-refractivity contribution >= 4 is 15.8 Å². The Kier molecular flexibility index (Phi) is 5.06. The normalized spacial score (nSPS) is 15.4. The Morgan fingerprint density at radius 3 is 2.48 bits per heavy atom. The van der Waals surface area contributed by atoms with Crippen LogP contribution in [-0.4, -0.2) is 14.2 Å². The number of nitrogens with one attached hydrogen (secondary N) is 1. The van der Waals surface area contributed by atoms with Gasteiger partial charge in [0.1, 0.15) is 0 Å². The number of carbonyl (C=O) groups is 1. The zero-order valence-corrected chi connectivity index (χ0v) is 15.4. The molecule has 0 unspecified atom stereocenters. The van der Waals surface area contributed by atoms with E-state index in [1.165, 1.54) is 43.0 Å². The van der Waals surface area contributed by atoms with Crippen LogP contribution < -0.4 is 4.72 Å². The molecule has 132 valence electrons. The third-order valence-corrected chi connectivity index (χ3v) is 6.29. The van der Waals surface area contributed by atoms with Gasteiger partial charge >= 0.3 is 0 Å². The standard InChI is InChI=1S/C20H23NO3S/c1-14(17-11-10-16-6-3-4-7-19(16)12-17)21-25(23,24)20-9-5-8-18(13-20)15(2)22/h5,8-14,21H,3-4,6-7H2,1-2H3/t14-/m1/s1. The summed E-state index contributed by atoms with van der Waals surface area (Å²) < 4.78 is 28.0. The lowest BCUT2D eigenvalue weighted by atomic mass is 9.89. The van der Waals surface area contributed by atoms with E-state index in [1.807, 2.05) is 13.0 Å². The minimum Gasteiger partial charge on any atom is -0.295 e. The van der Waals surface area contributed by atoms with Crippen LogP contribution in [0, 0.1) is 0 Å². The van der Waals surface area contributed by atoms with E-state index in [1.54, 1.807) is 12.1 Å². The smallest absolute Gasteiger partial charge is 0.241 e. The molecule has 4 nitrogen and oxygen atoms in total. The van der Waals surface area contributed by atoms with Crippen molar-refractivity contribution in [3.63, 3.8) is 0 Å². The molecule has 0 saturated carbocycles. The number of aryl methyl sites for hydroxylation is 2. The lowest BCUT2D eigenvalue weighted by Crippen LogP contribution is -2.27. The van der Waals surface area contributed by atoms with Gasteiger partial charge in [-0.05, 0) is 68.4 Å².